The standard InChI is InChI=1S/C17H18ClN5O/c1-2-12-14-17(24)21-15(13-11(18)8-5-9-19-13)22-23(14)16(20-12)10-6-3-4-7-10/h5,8-10H,2-4,6-7H2,1H3,(H,21,22,24). The van der Waals surface area contributed by atoms with Gasteiger partial charge in [0.1, 0.15) is 11.5 Å². The summed E-state index contributed by atoms with van der Waals surface area (Å²) in [6.07, 6.45) is 6.92. The second kappa shape index (κ2) is 6.02. The largest absolute Gasteiger partial charge is 0.302 e. The summed E-state index contributed by atoms with van der Waals surface area (Å²) < 4.78 is 1.72. The summed E-state index contributed by atoms with van der Waals surface area (Å²) in [6, 6.07) is 3.48. The number of aromatic nitrogens is 5. The highest BCUT2D eigenvalue weighted by molar-refractivity contribution is 6.32. The third-order valence-corrected chi connectivity index (χ3v) is 4.94. The average molecular weight is 344 g/mol. The molecular weight excluding hydrogens is 326 g/mol. The number of aryl methyl sites for hydroxylation is 1. The van der Waals surface area contributed by atoms with E-state index in [9.17, 15) is 4.79 Å². The summed E-state index contributed by atoms with van der Waals surface area (Å²) in [7, 11) is 0. The van der Waals surface area contributed by atoms with Gasteiger partial charge in [-0.2, -0.15) is 0 Å². The molecular formula is C17H18ClN5O. The Morgan fingerprint density at radius 2 is 2.17 bits per heavy atom. The molecule has 0 unspecified atom stereocenters. The molecule has 0 radical (unpaired) electrons. The smallest absolute Gasteiger partial charge is 0.277 e. The lowest BCUT2D eigenvalue weighted by molar-refractivity contribution is 0.639. The molecule has 1 aliphatic rings. The van der Waals surface area contributed by atoms with Gasteiger partial charge in [-0.15, -0.1) is 5.10 Å². The molecule has 1 N–H and O–H groups in total. The number of imidazole rings is 1. The van der Waals surface area contributed by atoms with Crippen LogP contribution in [-0.4, -0.2) is 24.6 Å². The van der Waals surface area contributed by atoms with E-state index in [1.54, 1.807) is 22.8 Å². The van der Waals surface area contributed by atoms with Gasteiger partial charge in [-0.3, -0.25) is 9.78 Å². The van der Waals surface area contributed by atoms with Crippen molar-refractivity contribution in [3.63, 3.8) is 0 Å². The predicted molar refractivity (Wildman–Crippen MR) is 92.4 cm³/mol. The number of nitrogens with one attached hydrogen (secondary N) is 1. The van der Waals surface area contributed by atoms with Gasteiger partial charge in [0, 0.05) is 12.1 Å². The van der Waals surface area contributed by atoms with Gasteiger partial charge in [-0.05, 0) is 31.4 Å². The molecule has 0 saturated heterocycles. The van der Waals surface area contributed by atoms with Crippen molar-refractivity contribution in [1.29, 1.82) is 0 Å². The number of rotatable bonds is 3. The van der Waals surface area contributed by atoms with Crippen molar-refractivity contribution in [2.75, 3.05) is 0 Å². The minimum Gasteiger partial charge on any atom is -0.302 e. The van der Waals surface area contributed by atoms with E-state index in [1.165, 1.54) is 12.8 Å². The summed E-state index contributed by atoms with van der Waals surface area (Å²) in [5.41, 5.74) is 1.61. The van der Waals surface area contributed by atoms with Crippen LogP contribution >= 0.6 is 11.6 Å². The first-order chi connectivity index (χ1) is 11.7. The average Bonchev–Trinajstić information content (AvgIpc) is 3.22. The van der Waals surface area contributed by atoms with Crippen LogP contribution in [0.15, 0.2) is 23.1 Å². The molecule has 0 spiro atoms. The third-order valence-electron chi connectivity index (χ3n) is 4.64. The molecule has 24 heavy (non-hydrogen) atoms. The minimum absolute atomic E-state index is 0.199. The van der Waals surface area contributed by atoms with E-state index in [0.29, 0.717) is 34.4 Å². The molecule has 7 heteroatoms. The molecule has 1 aliphatic carbocycles. The number of halogens is 1. The number of nitrogens with zero attached hydrogens (tertiary/aromatic N) is 4. The van der Waals surface area contributed by atoms with Crippen LogP contribution in [0.1, 0.15) is 50.0 Å². The topological polar surface area (TPSA) is 75.9 Å². The van der Waals surface area contributed by atoms with Gasteiger partial charge >= 0.3 is 0 Å². The summed E-state index contributed by atoms with van der Waals surface area (Å²) >= 11 is 6.21. The maximum atomic E-state index is 12.7. The second-order valence-electron chi connectivity index (χ2n) is 6.15. The van der Waals surface area contributed by atoms with E-state index in [1.807, 2.05) is 6.92 Å². The SMILES string of the molecule is CCc1nc(C2CCCC2)n2nc(-c3ncccc3Cl)[nH]c(=O)c12. The number of H-pyrrole nitrogens is 1. The van der Waals surface area contributed by atoms with Gasteiger partial charge in [0.15, 0.2) is 11.3 Å². The van der Waals surface area contributed by atoms with Gasteiger partial charge < -0.3 is 4.98 Å². The molecule has 1 saturated carbocycles. The van der Waals surface area contributed by atoms with Gasteiger partial charge in [0.05, 0.1) is 10.7 Å². The van der Waals surface area contributed by atoms with Crippen molar-refractivity contribution in [2.45, 2.75) is 44.9 Å². The van der Waals surface area contributed by atoms with Crippen molar-refractivity contribution >= 4 is 17.1 Å². The van der Waals surface area contributed by atoms with Crippen LogP contribution in [0, 0.1) is 0 Å². The quantitative estimate of drug-likeness (QED) is 0.791. The third kappa shape index (κ3) is 2.41. The van der Waals surface area contributed by atoms with Gasteiger partial charge in [-0.1, -0.05) is 31.4 Å². The summed E-state index contributed by atoms with van der Waals surface area (Å²) in [5, 5.41) is 5.09. The summed E-state index contributed by atoms with van der Waals surface area (Å²) in [5.74, 6) is 1.62. The van der Waals surface area contributed by atoms with E-state index < -0.39 is 0 Å². The molecule has 4 rings (SSSR count). The lowest BCUT2D eigenvalue weighted by Crippen LogP contribution is -2.16. The lowest BCUT2D eigenvalue weighted by Gasteiger charge is -2.08. The van der Waals surface area contributed by atoms with Gasteiger partial charge in [0.2, 0.25) is 0 Å². The fraction of sp³-hybridized carbons (Fsp3) is 0.412. The number of fused-ring (bicyclic) bond motifs is 1. The number of hydrogen-bond donors (Lipinski definition) is 1. The molecule has 0 amide bonds. The van der Waals surface area contributed by atoms with Crippen molar-refractivity contribution in [3.05, 3.63) is 45.2 Å². The summed E-state index contributed by atoms with van der Waals surface area (Å²) in [4.78, 5) is 24.5. The Balaban J connectivity index is 1.98. The van der Waals surface area contributed by atoms with Crippen LogP contribution in [0.4, 0.5) is 0 Å². The van der Waals surface area contributed by atoms with Crippen molar-refractivity contribution < 1.29 is 0 Å². The first-order valence-electron chi connectivity index (χ1n) is 8.31. The molecule has 124 valence electrons. The Morgan fingerprint density at radius 1 is 1.38 bits per heavy atom. The van der Waals surface area contributed by atoms with E-state index >= 15 is 0 Å². The maximum absolute atomic E-state index is 12.7. The number of pyridine rings is 1. The fourth-order valence-electron chi connectivity index (χ4n) is 3.46. The molecule has 6 nitrogen and oxygen atoms in total. The van der Waals surface area contributed by atoms with E-state index in [-0.39, 0.29) is 5.56 Å². The van der Waals surface area contributed by atoms with Crippen molar-refractivity contribution in [2.24, 2.45) is 0 Å². The molecule has 3 heterocycles. The Labute approximate surface area is 143 Å². The molecule has 3 aromatic rings. The van der Waals surface area contributed by atoms with Gasteiger partial charge in [-0.25, -0.2) is 9.50 Å². The van der Waals surface area contributed by atoms with Crippen LogP contribution < -0.4 is 5.56 Å². The minimum atomic E-state index is -0.199. The molecule has 0 aliphatic heterocycles. The molecule has 3 aromatic heterocycles. The first kappa shape index (κ1) is 15.3. The molecule has 0 bridgehead atoms. The van der Waals surface area contributed by atoms with E-state index in [4.69, 9.17) is 16.6 Å². The van der Waals surface area contributed by atoms with E-state index in [0.717, 1.165) is 24.4 Å². The van der Waals surface area contributed by atoms with E-state index in [2.05, 4.69) is 15.1 Å². The Hall–Kier alpha value is -2.21. The van der Waals surface area contributed by atoms with Crippen LogP contribution in [0.2, 0.25) is 5.02 Å². The van der Waals surface area contributed by atoms with Crippen LogP contribution in [0.3, 0.4) is 0 Å². The highest BCUT2D eigenvalue weighted by Crippen LogP contribution is 2.34. The number of aromatic amines is 1. The monoisotopic (exact) mass is 343 g/mol. The zero-order chi connectivity index (χ0) is 16.7. The van der Waals surface area contributed by atoms with Crippen LogP contribution in [0.5, 0.6) is 0 Å². The van der Waals surface area contributed by atoms with Crippen molar-refractivity contribution in [3.8, 4) is 11.5 Å². The maximum Gasteiger partial charge on any atom is 0.277 e. The van der Waals surface area contributed by atoms with Crippen LogP contribution in [0.25, 0.3) is 17.0 Å². The number of hydrogen-bond acceptors (Lipinski definition) is 4. The molecule has 1 fully saturated rings. The summed E-state index contributed by atoms with van der Waals surface area (Å²) in [6.45, 7) is 2.00. The fourth-order valence-corrected chi connectivity index (χ4v) is 3.67. The Bertz CT molecular complexity index is 955. The lowest BCUT2D eigenvalue weighted by atomic mass is 10.1. The second-order valence-corrected chi connectivity index (χ2v) is 6.56. The Morgan fingerprint density at radius 3 is 2.88 bits per heavy atom. The zero-order valence-corrected chi connectivity index (χ0v) is 14.2. The van der Waals surface area contributed by atoms with Crippen molar-refractivity contribution in [1.82, 2.24) is 24.6 Å². The first-order valence-corrected chi connectivity index (χ1v) is 8.69. The van der Waals surface area contributed by atoms with Gasteiger partial charge in [0.25, 0.3) is 5.56 Å². The highest BCUT2D eigenvalue weighted by atomic mass is 35.5. The molecule has 0 atom stereocenters. The zero-order valence-electron chi connectivity index (χ0n) is 13.4. The highest BCUT2D eigenvalue weighted by Gasteiger charge is 2.25. The molecule has 0 aromatic carbocycles. The Kier molecular flexibility index (Phi) is 3.84. The normalized spacial score (nSPS) is 15.4. The van der Waals surface area contributed by atoms with Crippen LogP contribution in [-0.2, 0) is 6.42 Å². The predicted octanol–water partition coefficient (Wildman–Crippen LogP) is 3.35.